The van der Waals surface area contributed by atoms with Crippen molar-refractivity contribution in [2.45, 2.75) is 52.3 Å². The molecule has 0 bridgehead atoms. The van der Waals surface area contributed by atoms with Crippen LogP contribution in [-0.2, 0) is 11.3 Å². The number of hydrogen-bond acceptors (Lipinski definition) is 3. The fraction of sp³-hybridized carbons (Fsp3) is 0.786. The van der Waals surface area contributed by atoms with Gasteiger partial charge in [0, 0.05) is 37.4 Å². The second-order valence-electron chi connectivity index (χ2n) is 5.67. The van der Waals surface area contributed by atoms with E-state index >= 15 is 0 Å². The Kier molecular flexibility index (Phi) is 4.40. The van der Waals surface area contributed by atoms with Crippen molar-refractivity contribution in [1.82, 2.24) is 14.5 Å². The molecule has 0 spiro atoms. The molecule has 1 aliphatic rings. The van der Waals surface area contributed by atoms with Crippen molar-refractivity contribution in [2.24, 2.45) is 0 Å². The Morgan fingerprint density at radius 2 is 2.17 bits per heavy atom. The number of rotatable bonds is 4. The smallest absolute Gasteiger partial charge is 0.111 e. The molecule has 4 heteroatoms. The van der Waals surface area contributed by atoms with Crippen LogP contribution in [0.1, 0.15) is 39.4 Å². The number of hydrogen-bond donors (Lipinski definition) is 0. The van der Waals surface area contributed by atoms with Crippen molar-refractivity contribution in [2.75, 3.05) is 19.7 Å². The Morgan fingerprint density at radius 3 is 2.83 bits per heavy atom. The van der Waals surface area contributed by atoms with Gasteiger partial charge in [0.15, 0.2) is 0 Å². The van der Waals surface area contributed by atoms with Gasteiger partial charge in [-0.1, -0.05) is 13.8 Å². The summed E-state index contributed by atoms with van der Waals surface area (Å²) in [5.74, 6) is 1.62. The van der Waals surface area contributed by atoms with Crippen LogP contribution in [0.25, 0.3) is 0 Å². The minimum absolute atomic E-state index is 0.285. The second-order valence-corrected chi connectivity index (χ2v) is 5.67. The van der Waals surface area contributed by atoms with Gasteiger partial charge in [-0.2, -0.15) is 0 Å². The topological polar surface area (TPSA) is 30.3 Å². The molecule has 2 heterocycles. The molecule has 0 aromatic carbocycles. The van der Waals surface area contributed by atoms with Gasteiger partial charge >= 0.3 is 0 Å². The molecule has 102 valence electrons. The van der Waals surface area contributed by atoms with Crippen molar-refractivity contribution in [3.05, 3.63) is 18.2 Å². The number of morpholine rings is 1. The molecule has 1 aliphatic heterocycles. The third kappa shape index (κ3) is 3.12. The van der Waals surface area contributed by atoms with E-state index in [4.69, 9.17) is 4.74 Å². The highest BCUT2D eigenvalue weighted by molar-refractivity contribution is 4.98. The summed E-state index contributed by atoms with van der Waals surface area (Å²) in [5, 5.41) is 0. The third-order valence-corrected chi connectivity index (χ3v) is 3.56. The van der Waals surface area contributed by atoms with E-state index in [1.54, 1.807) is 0 Å². The van der Waals surface area contributed by atoms with Crippen LogP contribution in [0.2, 0.25) is 0 Å². The van der Waals surface area contributed by atoms with Gasteiger partial charge in [0.25, 0.3) is 0 Å². The molecule has 1 saturated heterocycles. The van der Waals surface area contributed by atoms with E-state index in [2.05, 4.69) is 48.3 Å². The van der Waals surface area contributed by atoms with E-state index in [1.165, 1.54) is 0 Å². The van der Waals surface area contributed by atoms with Gasteiger partial charge in [-0.25, -0.2) is 4.98 Å². The standard InChI is InChI=1S/C14H25N3O/c1-11(2)14-15-5-6-17(14)10-13-9-16(12(3)4)7-8-18-13/h5-6,11-13H,7-10H2,1-4H3. The molecule has 1 fully saturated rings. The van der Waals surface area contributed by atoms with Crippen LogP contribution in [0.5, 0.6) is 0 Å². The molecule has 18 heavy (non-hydrogen) atoms. The first-order chi connectivity index (χ1) is 8.58. The van der Waals surface area contributed by atoms with E-state index in [0.29, 0.717) is 12.0 Å². The van der Waals surface area contributed by atoms with Crippen molar-refractivity contribution < 1.29 is 4.74 Å². The summed E-state index contributed by atoms with van der Waals surface area (Å²) < 4.78 is 8.11. The zero-order chi connectivity index (χ0) is 13.1. The van der Waals surface area contributed by atoms with E-state index < -0.39 is 0 Å². The normalized spacial score (nSPS) is 22.0. The van der Waals surface area contributed by atoms with E-state index in [1.807, 2.05) is 6.20 Å². The van der Waals surface area contributed by atoms with E-state index in [-0.39, 0.29) is 6.10 Å². The van der Waals surface area contributed by atoms with Crippen LogP contribution in [0.15, 0.2) is 12.4 Å². The summed E-state index contributed by atoms with van der Waals surface area (Å²) in [6, 6.07) is 0.601. The Bertz CT molecular complexity index is 373. The Balaban J connectivity index is 1.98. The van der Waals surface area contributed by atoms with Gasteiger partial charge < -0.3 is 9.30 Å². The molecule has 4 nitrogen and oxygen atoms in total. The van der Waals surface area contributed by atoms with Crippen molar-refractivity contribution >= 4 is 0 Å². The summed E-state index contributed by atoms with van der Waals surface area (Å²) in [4.78, 5) is 6.92. The minimum Gasteiger partial charge on any atom is -0.374 e. The minimum atomic E-state index is 0.285. The number of imidazole rings is 1. The highest BCUT2D eigenvalue weighted by Gasteiger charge is 2.23. The molecule has 1 aromatic heterocycles. The predicted molar refractivity (Wildman–Crippen MR) is 72.8 cm³/mol. The fourth-order valence-electron chi connectivity index (χ4n) is 2.52. The molecule has 0 radical (unpaired) electrons. The zero-order valence-corrected chi connectivity index (χ0v) is 12.0. The molecule has 1 aromatic rings. The average molecular weight is 251 g/mol. The van der Waals surface area contributed by atoms with Crippen LogP contribution in [0, 0.1) is 0 Å². The van der Waals surface area contributed by atoms with Gasteiger partial charge in [-0.15, -0.1) is 0 Å². The lowest BCUT2D eigenvalue weighted by Gasteiger charge is -2.35. The van der Waals surface area contributed by atoms with Gasteiger partial charge in [-0.05, 0) is 13.8 Å². The molecule has 2 rings (SSSR count). The Hall–Kier alpha value is -0.870. The summed E-state index contributed by atoms with van der Waals surface area (Å²) in [7, 11) is 0. The summed E-state index contributed by atoms with van der Waals surface area (Å²) in [5.41, 5.74) is 0. The van der Waals surface area contributed by atoms with Crippen molar-refractivity contribution in [3.8, 4) is 0 Å². The summed E-state index contributed by atoms with van der Waals surface area (Å²) in [6.45, 7) is 12.7. The van der Waals surface area contributed by atoms with Crippen LogP contribution < -0.4 is 0 Å². The second kappa shape index (κ2) is 5.85. The summed E-state index contributed by atoms with van der Waals surface area (Å²) >= 11 is 0. The number of aromatic nitrogens is 2. The Labute approximate surface area is 110 Å². The molecule has 0 saturated carbocycles. The van der Waals surface area contributed by atoms with E-state index in [9.17, 15) is 0 Å². The molecule has 0 aliphatic carbocycles. The van der Waals surface area contributed by atoms with Crippen molar-refractivity contribution in [3.63, 3.8) is 0 Å². The quantitative estimate of drug-likeness (QED) is 0.821. The first-order valence-electron chi connectivity index (χ1n) is 6.94. The highest BCUT2D eigenvalue weighted by Crippen LogP contribution is 2.15. The first-order valence-corrected chi connectivity index (χ1v) is 6.94. The highest BCUT2D eigenvalue weighted by atomic mass is 16.5. The average Bonchev–Trinajstić information content (AvgIpc) is 2.77. The lowest BCUT2D eigenvalue weighted by Crippen LogP contribution is -2.47. The van der Waals surface area contributed by atoms with E-state index in [0.717, 1.165) is 32.1 Å². The summed E-state index contributed by atoms with van der Waals surface area (Å²) in [6.07, 6.45) is 4.23. The molecule has 0 N–H and O–H groups in total. The largest absolute Gasteiger partial charge is 0.374 e. The van der Waals surface area contributed by atoms with Gasteiger partial charge in [0.05, 0.1) is 19.3 Å². The molecular formula is C14H25N3O. The van der Waals surface area contributed by atoms with Crippen LogP contribution >= 0.6 is 0 Å². The van der Waals surface area contributed by atoms with Crippen LogP contribution in [-0.4, -0.2) is 46.3 Å². The maximum absolute atomic E-state index is 5.88. The first kappa shape index (κ1) is 13.6. The fourth-order valence-corrected chi connectivity index (χ4v) is 2.52. The zero-order valence-electron chi connectivity index (χ0n) is 12.0. The third-order valence-electron chi connectivity index (χ3n) is 3.56. The maximum Gasteiger partial charge on any atom is 0.111 e. The SMILES string of the molecule is CC(C)c1nccn1CC1CN(C(C)C)CCO1. The number of ether oxygens (including phenoxy) is 1. The predicted octanol–water partition coefficient (Wildman–Crippen LogP) is 2.12. The van der Waals surface area contributed by atoms with Crippen LogP contribution in [0.4, 0.5) is 0 Å². The maximum atomic E-state index is 5.88. The molecular weight excluding hydrogens is 226 g/mol. The van der Waals surface area contributed by atoms with Gasteiger partial charge in [-0.3, -0.25) is 4.90 Å². The van der Waals surface area contributed by atoms with Crippen LogP contribution in [0.3, 0.4) is 0 Å². The Morgan fingerprint density at radius 1 is 1.39 bits per heavy atom. The van der Waals surface area contributed by atoms with Gasteiger partial charge in [0.1, 0.15) is 5.82 Å². The molecule has 0 amide bonds. The van der Waals surface area contributed by atoms with Gasteiger partial charge in [0.2, 0.25) is 0 Å². The molecule has 1 atom stereocenters. The lowest BCUT2D eigenvalue weighted by molar-refractivity contribution is -0.0459. The molecule has 1 unspecified atom stereocenters. The monoisotopic (exact) mass is 251 g/mol. The number of nitrogens with zero attached hydrogens (tertiary/aromatic N) is 3. The lowest BCUT2D eigenvalue weighted by atomic mass is 10.2. The van der Waals surface area contributed by atoms with Crippen molar-refractivity contribution in [1.29, 1.82) is 0 Å².